The van der Waals surface area contributed by atoms with E-state index in [-0.39, 0.29) is 5.91 Å². The number of rotatable bonds is 4. The standard InChI is InChI=1S/C16H22BrNO2/c17-11-13-5-7-14(8-6-13)15(19)18-12-16(20)9-3-1-2-4-10-16/h5-8,20H,1-4,9-12H2,(H,18,19). The van der Waals surface area contributed by atoms with Crippen LogP contribution in [-0.4, -0.2) is 23.2 Å². The van der Waals surface area contributed by atoms with E-state index in [2.05, 4.69) is 21.2 Å². The smallest absolute Gasteiger partial charge is 0.251 e. The molecular formula is C16H22BrNO2. The minimum atomic E-state index is -0.720. The molecule has 0 aliphatic heterocycles. The molecule has 0 spiro atoms. The van der Waals surface area contributed by atoms with Crippen molar-refractivity contribution in [3.8, 4) is 0 Å². The maximum atomic E-state index is 12.1. The average molecular weight is 340 g/mol. The molecule has 1 aliphatic rings. The van der Waals surface area contributed by atoms with Crippen molar-refractivity contribution in [3.05, 3.63) is 35.4 Å². The summed E-state index contributed by atoms with van der Waals surface area (Å²) in [7, 11) is 0. The Morgan fingerprint density at radius 2 is 1.75 bits per heavy atom. The summed E-state index contributed by atoms with van der Waals surface area (Å²) >= 11 is 3.38. The van der Waals surface area contributed by atoms with Crippen molar-refractivity contribution in [2.75, 3.05) is 6.54 Å². The molecule has 1 aliphatic carbocycles. The topological polar surface area (TPSA) is 49.3 Å². The Labute approximate surface area is 128 Å². The summed E-state index contributed by atoms with van der Waals surface area (Å²) < 4.78 is 0. The highest BCUT2D eigenvalue weighted by Gasteiger charge is 2.28. The van der Waals surface area contributed by atoms with Gasteiger partial charge in [0.2, 0.25) is 0 Å². The zero-order valence-electron chi connectivity index (χ0n) is 11.7. The first-order valence-corrected chi connectivity index (χ1v) is 8.41. The highest BCUT2D eigenvalue weighted by atomic mass is 79.9. The fourth-order valence-electron chi connectivity index (χ4n) is 2.66. The van der Waals surface area contributed by atoms with Gasteiger partial charge < -0.3 is 10.4 Å². The molecule has 1 aromatic carbocycles. The van der Waals surface area contributed by atoms with Crippen LogP contribution in [-0.2, 0) is 5.33 Å². The molecule has 3 nitrogen and oxygen atoms in total. The van der Waals surface area contributed by atoms with Crippen LogP contribution in [0.15, 0.2) is 24.3 Å². The normalized spacial score (nSPS) is 18.3. The van der Waals surface area contributed by atoms with Gasteiger partial charge in [-0.05, 0) is 30.5 Å². The number of aliphatic hydroxyl groups is 1. The van der Waals surface area contributed by atoms with Crippen LogP contribution in [0.3, 0.4) is 0 Å². The van der Waals surface area contributed by atoms with Crippen molar-refractivity contribution >= 4 is 21.8 Å². The Bertz CT molecular complexity index is 436. The third-order valence-corrected chi connectivity index (χ3v) is 4.63. The Hall–Kier alpha value is -0.870. The zero-order valence-corrected chi connectivity index (χ0v) is 13.3. The van der Waals surface area contributed by atoms with Crippen molar-refractivity contribution in [3.63, 3.8) is 0 Å². The Morgan fingerprint density at radius 3 is 2.30 bits per heavy atom. The molecule has 0 heterocycles. The van der Waals surface area contributed by atoms with E-state index in [1.54, 1.807) is 0 Å². The molecule has 1 saturated carbocycles. The van der Waals surface area contributed by atoms with Crippen LogP contribution in [0.2, 0.25) is 0 Å². The Balaban J connectivity index is 1.90. The summed E-state index contributed by atoms with van der Waals surface area (Å²) in [6, 6.07) is 7.51. The Morgan fingerprint density at radius 1 is 1.15 bits per heavy atom. The monoisotopic (exact) mass is 339 g/mol. The lowest BCUT2D eigenvalue weighted by molar-refractivity contribution is 0.0246. The molecule has 0 atom stereocenters. The van der Waals surface area contributed by atoms with Gasteiger partial charge in [0.25, 0.3) is 5.91 Å². The quantitative estimate of drug-likeness (QED) is 0.652. The number of benzene rings is 1. The fourth-order valence-corrected chi connectivity index (χ4v) is 3.03. The summed E-state index contributed by atoms with van der Waals surface area (Å²) in [5.74, 6) is -0.108. The van der Waals surface area contributed by atoms with Crippen molar-refractivity contribution < 1.29 is 9.90 Å². The zero-order chi connectivity index (χ0) is 14.4. The van der Waals surface area contributed by atoms with E-state index in [1.165, 1.54) is 12.8 Å². The van der Waals surface area contributed by atoms with E-state index in [4.69, 9.17) is 0 Å². The van der Waals surface area contributed by atoms with Crippen LogP contribution in [0.4, 0.5) is 0 Å². The number of amides is 1. The molecule has 1 aromatic rings. The summed E-state index contributed by atoms with van der Waals surface area (Å²) in [6.45, 7) is 0.353. The molecule has 4 heteroatoms. The van der Waals surface area contributed by atoms with Gasteiger partial charge in [-0.3, -0.25) is 4.79 Å². The second-order valence-electron chi connectivity index (χ2n) is 5.65. The van der Waals surface area contributed by atoms with Crippen LogP contribution in [0, 0.1) is 0 Å². The number of carbonyl (C=O) groups is 1. The Kier molecular flexibility index (Phi) is 5.61. The van der Waals surface area contributed by atoms with Gasteiger partial charge in [0, 0.05) is 17.4 Å². The minimum Gasteiger partial charge on any atom is -0.388 e. The summed E-state index contributed by atoms with van der Waals surface area (Å²) in [4.78, 5) is 12.1. The predicted molar refractivity (Wildman–Crippen MR) is 84.1 cm³/mol. The van der Waals surface area contributed by atoms with Crippen LogP contribution < -0.4 is 5.32 Å². The highest BCUT2D eigenvalue weighted by Crippen LogP contribution is 2.26. The molecule has 1 fully saturated rings. The molecule has 0 unspecified atom stereocenters. The van der Waals surface area contributed by atoms with Crippen molar-refractivity contribution in [1.29, 1.82) is 0 Å². The molecule has 0 bridgehead atoms. The molecule has 20 heavy (non-hydrogen) atoms. The number of alkyl halides is 1. The van der Waals surface area contributed by atoms with Gasteiger partial charge >= 0.3 is 0 Å². The lowest BCUT2D eigenvalue weighted by Gasteiger charge is -2.26. The first-order chi connectivity index (χ1) is 9.63. The average Bonchev–Trinajstić information content (AvgIpc) is 2.70. The third-order valence-electron chi connectivity index (χ3n) is 3.98. The lowest BCUT2D eigenvalue weighted by Crippen LogP contribution is -2.42. The third kappa shape index (κ3) is 4.32. The van der Waals surface area contributed by atoms with Crippen molar-refractivity contribution in [1.82, 2.24) is 5.32 Å². The van der Waals surface area contributed by atoms with E-state index in [1.807, 2.05) is 24.3 Å². The van der Waals surface area contributed by atoms with Crippen LogP contribution in [0.5, 0.6) is 0 Å². The summed E-state index contributed by atoms with van der Waals surface area (Å²) in [6.07, 6.45) is 6.04. The van der Waals surface area contributed by atoms with E-state index >= 15 is 0 Å². The van der Waals surface area contributed by atoms with E-state index in [9.17, 15) is 9.90 Å². The van der Waals surface area contributed by atoms with Gasteiger partial charge in [-0.1, -0.05) is 53.7 Å². The maximum Gasteiger partial charge on any atom is 0.251 e. The van der Waals surface area contributed by atoms with Gasteiger partial charge in [0.05, 0.1) is 5.60 Å². The van der Waals surface area contributed by atoms with E-state index in [0.717, 1.165) is 36.6 Å². The summed E-state index contributed by atoms with van der Waals surface area (Å²) in [5, 5.41) is 14.2. The van der Waals surface area contributed by atoms with Crippen molar-refractivity contribution in [2.24, 2.45) is 0 Å². The lowest BCUT2D eigenvalue weighted by atomic mass is 9.94. The van der Waals surface area contributed by atoms with Crippen LogP contribution >= 0.6 is 15.9 Å². The van der Waals surface area contributed by atoms with Gasteiger partial charge in [-0.15, -0.1) is 0 Å². The molecule has 2 rings (SSSR count). The number of hydrogen-bond donors (Lipinski definition) is 2. The molecule has 0 radical (unpaired) electrons. The van der Waals surface area contributed by atoms with Gasteiger partial charge in [-0.2, -0.15) is 0 Å². The minimum absolute atomic E-state index is 0.108. The number of halogens is 1. The predicted octanol–water partition coefficient (Wildman–Crippen LogP) is 3.40. The number of nitrogens with one attached hydrogen (secondary N) is 1. The fraction of sp³-hybridized carbons (Fsp3) is 0.562. The highest BCUT2D eigenvalue weighted by molar-refractivity contribution is 9.08. The largest absolute Gasteiger partial charge is 0.388 e. The van der Waals surface area contributed by atoms with Crippen LogP contribution in [0.1, 0.15) is 54.4 Å². The van der Waals surface area contributed by atoms with Gasteiger partial charge in [-0.25, -0.2) is 0 Å². The van der Waals surface area contributed by atoms with E-state index < -0.39 is 5.60 Å². The van der Waals surface area contributed by atoms with Crippen LogP contribution in [0.25, 0.3) is 0 Å². The molecule has 0 saturated heterocycles. The number of hydrogen-bond acceptors (Lipinski definition) is 2. The first-order valence-electron chi connectivity index (χ1n) is 7.28. The number of carbonyl (C=O) groups excluding carboxylic acids is 1. The van der Waals surface area contributed by atoms with Crippen molar-refractivity contribution in [2.45, 2.75) is 49.5 Å². The molecule has 0 aromatic heterocycles. The first kappa shape index (κ1) is 15.5. The molecule has 2 N–H and O–H groups in total. The van der Waals surface area contributed by atoms with Gasteiger partial charge in [0.1, 0.15) is 0 Å². The molecule has 1 amide bonds. The summed E-state index contributed by atoms with van der Waals surface area (Å²) in [5.41, 5.74) is 1.07. The SMILES string of the molecule is O=C(NCC1(O)CCCCCC1)c1ccc(CBr)cc1. The molecular weight excluding hydrogens is 318 g/mol. The maximum absolute atomic E-state index is 12.1. The second kappa shape index (κ2) is 7.23. The van der Waals surface area contributed by atoms with E-state index in [0.29, 0.717) is 12.1 Å². The molecule has 110 valence electrons. The second-order valence-corrected chi connectivity index (χ2v) is 6.21. The van der Waals surface area contributed by atoms with Gasteiger partial charge in [0.15, 0.2) is 0 Å².